The number of amides is 2. The van der Waals surface area contributed by atoms with Crippen molar-refractivity contribution in [2.75, 3.05) is 5.32 Å². The Labute approximate surface area is 106 Å². The first-order valence-electron chi connectivity index (χ1n) is 5.64. The molecule has 0 fully saturated rings. The van der Waals surface area contributed by atoms with Crippen LogP contribution >= 0.6 is 0 Å². The normalized spacial score (nSPS) is 11.4. The molecule has 1 aromatic carbocycles. The highest BCUT2D eigenvalue weighted by Crippen LogP contribution is 2.10. The Kier molecular flexibility index (Phi) is 4.98. The fourth-order valence-corrected chi connectivity index (χ4v) is 1.38. The van der Waals surface area contributed by atoms with Gasteiger partial charge in [-0.1, -0.05) is 17.3 Å². The first kappa shape index (κ1) is 13.8. The Morgan fingerprint density at radius 3 is 2.50 bits per heavy atom. The highest BCUT2D eigenvalue weighted by atomic mass is 16.4. The lowest BCUT2D eigenvalue weighted by Crippen LogP contribution is -2.34. The topological polar surface area (TPSA) is 99.7 Å². The Hall–Kier alpha value is -2.24. The van der Waals surface area contributed by atoms with Crippen LogP contribution in [0, 0.1) is 0 Å². The minimum atomic E-state index is -0.241. The zero-order valence-electron chi connectivity index (χ0n) is 10.5. The molecule has 0 saturated carbocycles. The number of carbonyl (C=O) groups is 1. The molecule has 1 aromatic rings. The van der Waals surface area contributed by atoms with Gasteiger partial charge in [0.2, 0.25) is 0 Å². The minimum absolute atomic E-state index is 0.0878. The lowest BCUT2D eigenvalue weighted by molar-refractivity contribution is 0.250. The third-order valence-corrected chi connectivity index (χ3v) is 2.15. The maximum absolute atomic E-state index is 11.4. The summed E-state index contributed by atoms with van der Waals surface area (Å²) in [4.78, 5) is 11.4. The second-order valence-electron chi connectivity index (χ2n) is 4.22. The number of nitrogens with one attached hydrogen (secondary N) is 2. The Bertz CT molecular complexity index is 426. The number of nitrogens with zero attached hydrogens (tertiary/aromatic N) is 1. The van der Waals surface area contributed by atoms with Crippen molar-refractivity contribution < 1.29 is 10.0 Å². The van der Waals surface area contributed by atoms with Gasteiger partial charge in [-0.2, -0.15) is 0 Å². The number of carbonyl (C=O) groups excluding carboxylic acids is 1. The fourth-order valence-electron chi connectivity index (χ4n) is 1.38. The standard InChI is InChI=1S/C12H18N4O2/c1-8(2)14-12(17)15-10-5-3-9(4-6-10)7-11(13)16-18/h3-6,8,18H,7H2,1-2H3,(H2,13,16)(H2,14,15,17). The minimum Gasteiger partial charge on any atom is -0.409 e. The van der Waals surface area contributed by atoms with Gasteiger partial charge in [-0.3, -0.25) is 0 Å². The summed E-state index contributed by atoms with van der Waals surface area (Å²) in [5.41, 5.74) is 6.99. The number of anilines is 1. The maximum atomic E-state index is 11.4. The van der Waals surface area contributed by atoms with E-state index in [0.29, 0.717) is 12.1 Å². The molecule has 18 heavy (non-hydrogen) atoms. The van der Waals surface area contributed by atoms with Crippen LogP contribution < -0.4 is 16.4 Å². The summed E-state index contributed by atoms with van der Waals surface area (Å²) >= 11 is 0. The van der Waals surface area contributed by atoms with Crippen LogP contribution in [0.5, 0.6) is 0 Å². The first-order valence-corrected chi connectivity index (χ1v) is 5.64. The van der Waals surface area contributed by atoms with Crippen molar-refractivity contribution in [3.63, 3.8) is 0 Å². The summed E-state index contributed by atoms with van der Waals surface area (Å²) in [5.74, 6) is 0.147. The van der Waals surface area contributed by atoms with Crippen molar-refractivity contribution in [1.82, 2.24) is 5.32 Å². The van der Waals surface area contributed by atoms with Crippen LogP contribution in [-0.4, -0.2) is 23.1 Å². The molecular weight excluding hydrogens is 232 g/mol. The summed E-state index contributed by atoms with van der Waals surface area (Å²) in [6, 6.07) is 6.99. The van der Waals surface area contributed by atoms with E-state index in [9.17, 15) is 4.79 Å². The van der Waals surface area contributed by atoms with Crippen molar-refractivity contribution in [1.29, 1.82) is 0 Å². The molecule has 6 nitrogen and oxygen atoms in total. The summed E-state index contributed by atoms with van der Waals surface area (Å²) < 4.78 is 0. The van der Waals surface area contributed by atoms with Crippen LogP contribution in [0.2, 0.25) is 0 Å². The molecule has 0 heterocycles. The average Bonchev–Trinajstić information content (AvgIpc) is 2.30. The van der Waals surface area contributed by atoms with Crippen LogP contribution in [0.4, 0.5) is 10.5 Å². The first-order chi connectivity index (χ1) is 8.51. The Morgan fingerprint density at radius 2 is 2.00 bits per heavy atom. The van der Waals surface area contributed by atoms with Gasteiger partial charge < -0.3 is 21.6 Å². The van der Waals surface area contributed by atoms with Gasteiger partial charge in [-0.15, -0.1) is 0 Å². The van der Waals surface area contributed by atoms with Crippen molar-refractivity contribution in [3.8, 4) is 0 Å². The van der Waals surface area contributed by atoms with Crippen molar-refractivity contribution >= 4 is 17.6 Å². The molecule has 2 amide bonds. The molecule has 0 aliphatic carbocycles. The molecule has 0 aromatic heterocycles. The third kappa shape index (κ3) is 4.73. The zero-order chi connectivity index (χ0) is 13.5. The number of hydrogen-bond acceptors (Lipinski definition) is 3. The lowest BCUT2D eigenvalue weighted by Gasteiger charge is -2.10. The molecule has 98 valence electrons. The molecule has 0 aliphatic rings. The van der Waals surface area contributed by atoms with Crippen molar-refractivity contribution in [3.05, 3.63) is 29.8 Å². The fraction of sp³-hybridized carbons (Fsp3) is 0.333. The third-order valence-electron chi connectivity index (χ3n) is 2.15. The van der Waals surface area contributed by atoms with E-state index in [1.54, 1.807) is 12.1 Å². The van der Waals surface area contributed by atoms with Crippen LogP contribution in [0.1, 0.15) is 19.4 Å². The van der Waals surface area contributed by atoms with Crippen molar-refractivity contribution in [2.24, 2.45) is 10.9 Å². The van der Waals surface area contributed by atoms with E-state index in [2.05, 4.69) is 15.8 Å². The number of rotatable bonds is 4. The SMILES string of the molecule is CC(C)NC(=O)Nc1ccc(C/C(N)=N/O)cc1. The highest BCUT2D eigenvalue weighted by Gasteiger charge is 2.03. The van der Waals surface area contributed by atoms with Crippen LogP contribution in [0.3, 0.4) is 0 Å². The van der Waals surface area contributed by atoms with E-state index < -0.39 is 0 Å². The molecule has 0 unspecified atom stereocenters. The number of nitrogens with two attached hydrogens (primary N) is 1. The number of hydrogen-bond donors (Lipinski definition) is 4. The summed E-state index contributed by atoms with van der Waals surface area (Å²) in [7, 11) is 0. The quantitative estimate of drug-likeness (QED) is 0.282. The maximum Gasteiger partial charge on any atom is 0.319 e. The van der Waals surface area contributed by atoms with Gasteiger partial charge in [0.1, 0.15) is 5.84 Å². The molecule has 0 bridgehead atoms. The molecule has 0 spiro atoms. The lowest BCUT2D eigenvalue weighted by atomic mass is 10.1. The Morgan fingerprint density at radius 1 is 1.39 bits per heavy atom. The van der Waals surface area contributed by atoms with Crippen molar-refractivity contribution in [2.45, 2.75) is 26.3 Å². The van der Waals surface area contributed by atoms with E-state index in [0.717, 1.165) is 5.56 Å². The van der Waals surface area contributed by atoms with E-state index in [-0.39, 0.29) is 17.9 Å². The number of benzene rings is 1. The van der Waals surface area contributed by atoms with E-state index in [1.807, 2.05) is 26.0 Å². The highest BCUT2D eigenvalue weighted by molar-refractivity contribution is 5.89. The number of urea groups is 1. The average molecular weight is 250 g/mol. The Balaban J connectivity index is 2.57. The molecule has 5 N–H and O–H groups in total. The molecule has 0 radical (unpaired) electrons. The summed E-state index contributed by atoms with van der Waals surface area (Å²) in [6.45, 7) is 3.78. The molecule has 1 rings (SSSR count). The predicted octanol–water partition coefficient (Wildman–Crippen LogP) is 1.51. The van der Waals surface area contributed by atoms with Gasteiger partial charge in [0, 0.05) is 18.2 Å². The number of oxime groups is 1. The van der Waals surface area contributed by atoms with Crippen LogP contribution in [0.25, 0.3) is 0 Å². The van der Waals surface area contributed by atoms with E-state index in [4.69, 9.17) is 10.9 Å². The smallest absolute Gasteiger partial charge is 0.319 e. The second kappa shape index (κ2) is 6.48. The predicted molar refractivity (Wildman–Crippen MR) is 70.8 cm³/mol. The number of amidine groups is 1. The van der Waals surface area contributed by atoms with Gasteiger partial charge in [0.05, 0.1) is 0 Å². The molecular formula is C12H18N4O2. The van der Waals surface area contributed by atoms with Crippen LogP contribution in [0.15, 0.2) is 29.4 Å². The monoisotopic (exact) mass is 250 g/mol. The van der Waals surface area contributed by atoms with Gasteiger partial charge in [0.25, 0.3) is 0 Å². The van der Waals surface area contributed by atoms with Gasteiger partial charge in [-0.05, 0) is 31.5 Å². The zero-order valence-corrected chi connectivity index (χ0v) is 10.5. The molecule has 6 heteroatoms. The van der Waals surface area contributed by atoms with Crippen LogP contribution in [-0.2, 0) is 6.42 Å². The van der Waals surface area contributed by atoms with Gasteiger partial charge >= 0.3 is 6.03 Å². The van der Waals surface area contributed by atoms with E-state index >= 15 is 0 Å². The molecule has 0 saturated heterocycles. The van der Waals surface area contributed by atoms with Gasteiger partial charge in [0.15, 0.2) is 0 Å². The largest absolute Gasteiger partial charge is 0.409 e. The summed E-state index contributed by atoms with van der Waals surface area (Å²) in [5, 5.41) is 16.8. The molecule has 0 aliphatic heterocycles. The second-order valence-corrected chi connectivity index (χ2v) is 4.22. The van der Waals surface area contributed by atoms with Gasteiger partial charge in [-0.25, -0.2) is 4.79 Å². The summed E-state index contributed by atoms with van der Waals surface area (Å²) in [6.07, 6.45) is 0.370. The molecule has 0 atom stereocenters. The van der Waals surface area contributed by atoms with E-state index in [1.165, 1.54) is 0 Å².